The standard InChI is InChI=1S/C20H27N5O2S/c1-12-10-14(13(2)23-28(27)20(3,4)5)17-15(11-12)19(26)25(7)18(21-17)16-8-9-24(6)22-16/h8-11,13,23H,1-7H3/t13-,28?/m1/s1. The Labute approximate surface area is 168 Å². The van der Waals surface area contributed by atoms with Gasteiger partial charge in [0.15, 0.2) is 5.82 Å². The molecular weight excluding hydrogens is 374 g/mol. The van der Waals surface area contributed by atoms with E-state index in [1.54, 1.807) is 11.7 Å². The summed E-state index contributed by atoms with van der Waals surface area (Å²) in [6.45, 7) is 9.65. The molecule has 28 heavy (non-hydrogen) atoms. The van der Waals surface area contributed by atoms with E-state index in [9.17, 15) is 9.35 Å². The number of nitrogens with zero attached hydrogens (tertiary/aromatic N) is 4. The molecule has 0 aliphatic rings. The van der Waals surface area contributed by atoms with Gasteiger partial charge in [-0.25, -0.2) is 4.98 Å². The van der Waals surface area contributed by atoms with Gasteiger partial charge in [0.25, 0.3) is 5.56 Å². The Kier molecular flexibility index (Phi) is 5.40. The number of fused-ring (bicyclic) bond motifs is 1. The van der Waals surface area contributed by atoms with E-state index in [4.69, 9.17) is 4.98 Å². The van der Waals surface area contributed by atoms with E-state index in [0.29, 0.717) is 22.4 Å². The van der Waals surface area contributed by atoms with E-state index in [2.05, 4.69) is 9.82 Å². The highest BCUT2D eigenvalue weighted by Gasteiger charge is 2.29. The largest absolute Gasteiger partial charge is 0.598 e. The second-order valence-electron chi connectivity index (χ2n) is 8.15. The summed E-state index contributed by atoms with van der Waals surface area (Å²) in [7, 11) is 3.53. The van der Waals surface area contributed by atoms with Gasteiger partial charge in [0.1, 0.15) is 10.4 Å². The predicted molar refractivity (Wildman–Crippen MR) is 113 cm³/mol. The molecule has 2 aromatic heterocycles. The smallest absolute Gasteiger partial charge is 0.261 e. The van der Waals surface area contributed by atoms with Crippen LogP contribution in [0.4, 0.5) is 0 Å². The van der Waals surface area contributed by atoms with Crippen LogP contribution in [0.2, 0.25) is 0 Å². The first-order valence-corrected chi connectivity index (χ1v) is 10.3. The number of aryl methyl sites for hydroxylation is 2. The summed E-state index contributed by atoms with van der Waals surface area (Å²) in [5, 5.41) is 4.94. The van der Waals surface area contributed by atoms with Crippen molar-refractivity contribution in [1.29, 1.82) is 0 Å². The molecule has 0 amide bonds. The van der Waals surface area contributed by atoms with Crippen LogP contribution in [0.1, 0.15) is 44.9 Å². The monoisotopic (exact) mass is 401 g/mol. The topological polar surface area (TPSA) is 87.8 Å². The Hall–Kier alpha value is -2.16. The van der Waals surface area contributed by atoms with Gasteiger partial charge in [-0.3, -0.25) is 14.0 Å². The van der Waals surface area contributed by atoms with Crippen LogP contribution in [0, 0.1) is 6.92 Å². The van der Waals surface area contributed by atoms with Crippen LogP contribution in [-0.2, 0) is 25.5 Å². The van der Waals surface area contributed by atoms with Gasteiger partial charge in [-0.15, -0.1) is 4.72 Å². The molecule has 0 saturated carbocycles. The summed E-state index contributed by atoms with van der Waals surface area (Å²) >= 11 is -1.24. The maximum absolute atomic E-state index is 13.0. The zero-order valence-corrected chi connectivity index (χ0v) is 18.2. The van der Waals surface area contributed by atoms with E-state index in [1.807, 2.05) is 66.1 Å². The molecule has 0 bridgehead atoms. The number of hydrogen-bond donors (Lipinski definition) is 1. The molecular formula is C20H27N5O2S. The number of nitrogens with one attached hydrogen (secondary N) is 1. The van der Waals surface area contributed by atoms with Crippen LogP contribution in [0.3, 0.4) is 0 Å². The molecule has 1 unspecified atom stereocenters. The minimum Gasteiger partial charge on any atom is -0.598 e. The molecule has 0 radical (unpaired) electrons. The van der Waals surface area contributed by atoms with Crippen LogP contribution in [0.25, 0.3) is 22.4 Å². The van der Waals surface area contributed by atoms with Gasteiger partial charge < -0.3 is 4.55 Å². The molecule has 150 valence electrons. The van der Waals surface area contributed by atoms with Crippen LogP contribution in [0.5, 0.6) is 0 Å². The molecule has 2 heterocycles. The fourth-order valence-electron chi connectivity index (χ4n) is 3.05. The molecule has 0 spiro atoms. The van der Waals surface area contributed by atoms with Gasteiger partial charge in [-0.2, -0.15) is 5.10 Å². The number of benzene rings is 1. The number of rotatable bonds is 4. The molecule has 7 nitrogen and oxygen atoms in total. The third-order valence-corrected chi connectivity index (χ3v) is 6.28. The molecule has 0 aliphatic carbocycles. The second kappa shape index (κ2) is 7.35. The molecule has 2 atom stereocenters. The third kappa shape index (κ3) is 3.85. The maximum atomic E-state index is 13.0. The Balaban J connectivity index is 2.20. The van der Waals surface area contributed by atoms with Crippen LogP contribution in [-0.4, -0.2) is 28.6 Å². The maximum Gasteiger partial charge on any atom is 0.261 e. The minimum atomic E-state index is -1.24. The highest BCUT2D eigenvalue weighted by molar-refractivity contribution is 7.90. The van der Waals surface area contributed by atoms with Gasteiger partial charge in [0, 0.05) is 37.2 Å². The Morgan fingerprint density at radius 3 is 2.50 bits per heavy atom. The third-order valence-electron chi connectivity index (χ3n) is 4.60. The van der Waals surface area contributed by atoms with E-state index < -0.39 is 16.1 Å². The lowest BCUT2D eigenvalue weighted by molar-refractivity contribution is 0.531. The van der Waals surface area contributed by atoms with Gasteiger partial charge in [0.2, 0.25) is 0 Å². The second-order valence-corrected chi connectivity index (χ2v) is 10.1. The first-order valence-electron chi connectivity index (χ1n) is 9.18. The first-order chi connectivity index (χ1) is 13.0. The average molecular weight is 402 g/mol. The molecule has 0 aliphatic heterocycles. The number of hydrogen-bond acceptors (Lipinski definition) is 5. The summed E-state index contributed by atoms with van der Waals surface area (Å²) in [6, 6.07) is 5.44. The van der Waals surface area contributed by atoms with Gasteiger partial charge in [-0.1, -0.05) is 6.07 Å². The molecule has 3 rings (SSSR count). The summed E-state index contributed by atoms with van der Waals surface area (Å²) in [6.07, 6.45) is 1.82. The van der Waals surface area contributed by atoms with Crippen molar-refractivity contribution in [3.8, 4) is 11.5 Å². The van der Waals surface area contributed by atoms with Gasteiger partial charge in [0.05, 0.1) is 16.9 Å². The van der Waals surface area contributed by atoms with Crippen molar-refractivity contribution < 1.29 is 4.55 Å². The minimum absolute atomic E-state index is 0.125. The lowest BCUT2D eigenvalue weighted by atomic mass is 10.0. The predicted octanol–water partition coefficient (Wildman–Crippen LogP) is 2.76. The fourth-order valence-corrected chi connectivity index (χ4v) is 3.85. The molecule has 0 saturated heterocycles. The van der Waals surface area contributed by atoms with Crippen molar-refractivity contribution in [3.63, 3.8) is 0 Å². The van der Waals surface area contributed by atoms with Gasteiger partial charge in [-0.05, 0) is 52.3 Å². The number of aromatic nitrogens is 4. The summed E-state index contributed by atoms with van der Waals surface area (Å²) in [5.41, 5.74) is 2.93. The summed E-state index contributed by atoms with van der Waals surface area (Å²) in [5.74, 6) is 0.507. The van der Waals surface area contributed by atoms with Crippen LogP contribution < -0.4 is 10.3 Å². The van der Waals surface area contributed by atoms with Crippen molar-refractivity contribution >= 4 is 22.3 Å². The average Bonchev–Trinajstić information content (AvgIpc) is 3.03. The van der Waals surface area contributed by atoms with E-state index in [0.717, 1.165) is 11.1 Å². The summed E-state index contributed by atoms with van der Waals surface area (Å²) in [4.78, 5) is 17.8. The fraction of sp³-hybridized carbons (Fsp3) is 0.450. The van der Waals surface area contributed by atoms with E-state index in [1.165, 1.54) is 4.57 Å². The normalized spacial score (nSPS) is 14.4. The van der Waals surface area contributed by atoms with Gasteiger partial charge >= 0.3 is 0 Å². The summed E-state index contributed by atoms with van der Waals surface area (Å²) < 4.78 is 18.6. The van der Waals surface area contributed by atoms with Crippen molar-refractivity contribution in [3.05, 3.63) is 45.9 Å². The molecule has 1 aromatic carbocycles. The Bertz CT molecular complexity index is 1080. The highest BCUT2D eigenvalue weighted by atomic mass is 32.2. The lowest BCUT2D eigenvalue weighted by Gasteiger charge is -2.27. The quantitative estimate of drug-likeness (QED) is 0.679. The SMILES string of the molecule is Cc1cc([C@@H](C)N[S+]([O-])C(C)(C)C)c2nc(-c3ccn(C)n3)n(C)c(=O)c2c1. The van der Waals surface area contributed by atoms with Crippen molar-refractivity contribution in [1.82, 2.24) is 24.1 Å². The van der Waals surface area contributed by atoms with Crippen LogP contribution >= 0.6 is 0 Å². The van der Waals surface area contributed by atoms with Crippen molar-refractivity contribution in [2.75, 3.05) is 0 Å². The molecule has 0 fully saturated rings. The van der Waals surface area contributed by atoms with Crippen LogP contribution in [0.15, 0.2) is 29.2 Å². The highest BCUT2D eigenvalue weighted by Crippen LogP contribution is 2.27. The van der Waals surface area contributed by atoms with E-state index >= 15 is 0 Å². The lowest BCUT2D eigenvalue weighted by Crippen LogP contribution is -2.40. The zero-order chi connectivity index (χ0) is 20.8. The molecule has 8 heteroatoms. The van der Waals surface area contributed by atoms with Crippen molar-refractivity contribution in [2.24, 2.45) is 14.1 Å². The zero-order valence-electron chi connectivity index (χ0n) is 17.4. The first kappa shape index (κ1) is 20.6. The van der Waals surface area contributed by atoms with E-state index in [-0.39, 0.29) is 11.6 Å². The Morgan fingerprint density at radius 2 is 1.93 bits per heavy atom. The molecule has 3 aromatic rings. The van der Waals surface area contributed by atoms with Crippen molar-refractivity contribution in [2.45, 2.75) is 45.4 Å². The Morgan fingerprint density at radius 1 is 1.25 bits per heavy atom. The molecule has 1 N–H and O–H groups in total.